The fraction of sp³-hybridized carbons (Fsp3) is 0.333. The topological polar surface area (TPSA) is 76.5 Å². The SMILES string of the molecule is Cc1sc2nc(C(C)Sc3nnc(Cc4cccs4)n3C)[nH]c(=O)c2c1C. The molecule has 0 fully saturated rings. The van der Waals surface area contributed by atoms with Gasteiger partial charge in [-0.05, 0) is 37.8 Å². The molecule has 0 radical (unpaired) electrons. The van der Waals surface area contributed by atoms with E-state index >= 15 is 0 Å². The Balaban J connectivity index is 1.59. The van der Waals surface area contributed by atoms with E-state index in [1.807, 2.05) is 38.5 Å². The molecule has 4 aromatic heterocycles. The van der Waals surface area contributed by atoms with Crippen LogP contribution >= 0.6 is 34.4 Å². The van der Waals surface area contributed by atoms with Crippen molar-refractivity contribution in [2.75, 3.05) is 0 Å². The van der Waals surface area contributed by atoms with Gasteiger partial charge in [0.2, 0.25) is 0 Å². The van der Waals surface area contributed by atoms with E-state index in [1.54, 1.807) is 34.4 Å². The number of nitrogens with one attached hydrogen (secondary N) is 1. The van der Waals surface area contributed by atoms with Crippen LogP contribution in [0.3, 0.4) is 0 Å². The fourth-order valence-electron chi connectivity index (χ4n) is 2.85. The molecular formula is C18H19N5OS3. The van der Waals surface area contributed by atoms with Gasteiger partial charge in [0.1, 0.15) is 16.5 Å². The normalized spacial score (nSPS) is 12.7. The van der Waals surface area contributed by atoms with Crippen molar-refractivity contribution in [1.29, 1.82) is 0 Å². The number of aryl methyl sites for hydroxylation is 2. The predicted molar refractivity (Wildman–Crippen MR) is 112 cm³/mol. The van der Waals surface area contributed by atoms with E-state index in [-0.39, 0.29) is 10.8 Å². The average Bonchev–Trinajstić information content (AvgIpc) is 3.32. The van der Waals surface area contributed by atoms with Crippen molar-refractivity contribution >= 4 is 44.7 Å². The average molecular weight is 418 g/mol. The van der Waals surface area contributed by atoms with Crippen molar-refractivity contribution in [3.05, 3.63) is 54.8 Å². The monoisotopic (exact) mass is 417 g/mol. The highest BCUT2D eigenvalue weighted by Crippen LogP contribution is 2.33. The number of nitrogens with zero attached hydrogens (tertiary/aromatic N) is 4. The zero-order chi connectivity index (χ0) is 19.1. The summed E-state index contributed by atoms with van der Waals surface area (Å²) in [5.74, 6) is 1.59. The van der Waals surface area contributed by atoms with Crippen LogP contribution < -0.4 is 5.56 Å². The van der Waals surface area contributed by atoms with Crippen molar-refractivity contribution in [1.82, 2.24) is 24.7 Å². The van der Waals surface area contributed by atoms with E-state index in [1.165, 1.54) is 4.88 Å². The number of rotatable bonds is 5. The largest absolute Gasteiger partial charge is 0.309 e. The van der Waals surface area contributed by atoms with E-state index in [2.05, 4.69) is 26.6 Å². The van der Waals surface area contributed by atoms with Gasteiger partial charge in [-0.25, -0.2) is 4.98 Å². The molecule has 9 heteroatoms. The van der Waals surface area contributed by atoms with Crippen LogP contribution in [0.2, 0.25) is 0 Å². The number of hydrogen-bond donors (Lipinski definition) is 1. The molecule has 0 saturated carbocycles. The van der Waals surface area contributed by atoms with E-state index in [9.17, 15) is 4.79 Å². The van der Waals surface area contributed by atoms with E-state index in [4.69, 9.17) is 4.98 Å². The molecule has 1 atom stereocenters. The molecule has 0 aliphatic rings. The number of H-pyrrole nitrogens is 1. The molecule has 0 amide bonds. The fourth-order valence-corrected chi connectivity index (χ4v) is 5.48. The number of thiophene rings is 2. The summed E-state index contributed by atoms with van der Waals surface area (Å²) in [4.78, 5) is 23.3. The Morgan fingerprint density at radius 1 is 1.33 bits per heavy atom. The van der Waals surface area contributed by atoms with Crippen LogP contribution in [-0.2, 0) is 13.5 Å². The summed E-state index contributed by atoms with van der Waals surface area (Å²) in [7, 11) is 1.98. The van der Waals surface area contributed by atoms with Gasteiger partial charge in [-0.3, -0.25) is 4.79 Å². The van der Waals surface area contributed by atoms with Crippen LogP contribution in [0.4, 0.5) is 0 Å². The Kier molecular flexibility index (Phi) is 4.92. The summed E-state index contributed by atoms with van der Waals surface area (Å²) in [6.45, 7) is 6.01. The minimum absolute atomic E-state index is 0.0395. The second kappa shape index (κ2) is 7.21. The lowest BCUT2D eigenvalue weighted by molar-refractivity contribution is 0.747. The van der Waals surface area contributed by atoms with Crippen LogP contribution in [0.5, 0.6) is 0 Å². The Labute approximate surface area is 168 Å². The van der Waals surface area contributed by atoms with Gasteiger partial charge >= 0.3 is 0 Å². The zero-order valence-electron chi connectivity index (χ0n) is 15.4. The van der Waals surface area contributed by atoms with Crippen molar-refractivity contribution in [3.8, 4) is 0 Å². The Bertz CT molecular complexity index is 1160. The van der Waals surface area contributed by atoms with Gasteiger partial charge in [0.25, 0.3) is 5.56 Å². The molecule has 0 spiro atoms. The van der Waals surface area contributed by atoms with E-state index in [0.717, 1.165) is 32.7 Å². The van der Waals surface area contributed by atoms with E-state index in [0.29, 0.717) is 11.2 Å². The van der Waals surface area contributed by atoms with Crippen molar-refractivity contribution in [2.45, 2.75) is 37.6 Å². The molecule has 27 heavy (non-hydrogen) atoms. The smallest absolute Gasteiger partial charge is 0.259 e. The van der Waals surface area contributed by atoms with E-state index < -0.39 is 0 Å². The molecule has 6 nitrogen and oxygen atoms in total. The lowest BCUT2D eigenvalue weighted by Crippen LogP contribution is -2.12. The Morgan fingerprint density at radius 3 is 2.89 bits per heavy atom. The van der Waals surface area contributed by atoms with Crippen LogP contribution in [0.15, 0.2) is 27.5 Å². The molecule has 1 N–H and O–H groups in total. The summed E-state index contributed by atoms with van der Waals surface area (Å²) in [6.07, 6.45) is 0.769. The van der Waals surface area contributed by atoms with Gasteiger partial charge in [0.15, 0.2) is 5.16 Å². The summed E-state index contributed by atoms with van der Waals surface area (Å²) in [5.41, 5.74) is 0.947. The molecule has 4 rings (SSSR count). The summed E-state index contributed by atoms with van der Waals surface area (Å²) >= 11 is 4.83. The third-order valence-electron chi connectivity index (χ3n) is 4.56. The second-order valence-corrected chi connectivity index (χ2v) is 9.93. The third-order valence-corrected chi connectivity index (χ3v) is 7.68. The maximum absolute atomic E-state index is 12.5. The van der Waals surface area contributed by atoms with Crippen molar-refractivity contribution in [3.63, 3.8) is 0 Å². The Hall–Kier alpha value is -1.97. The molecule has 1 unspecified atom stereocenters. The molecule has 140 valence electrons. The van der Waals surface area contributed by atoms with Gasteiger partial charge in [-0.1, -0.05) is 17.8 Å². The van der Waals surface area contributed by atoms with Crippen molar-refractivity contribution < 1.29 is 0 Å². The lowest BCUT2D eigenvalue weighted by atomic mass is 10.2. The van der Waals surface area contributed by atoms with Gasteiger partial charge in [0, 0.05) is 23.2 Å². The molecule has 4 aromatic rings. The van der Waals surface area contributed by atoms with Crippen LogP contribution in [0.25, 0.3) is 10.2 Å². The first kappa shape index (κ1) is 18.4. The highest BCUT2D eigenvalue weighted by molar-refractivity contribution is 7.99. The third kappa shape index (κ3) is 3.46. The summed E-state index contributed by atoms with van der Waals surface area (Å²) < 4.78 is 2.01. The molecule has 0 aliphatic carbocycles. The maximum Gasteiger partial charge on any atom is 0.259 e. The minimum atomic E-state index is -0.0688. The van der Waals surface area contributed by atoms with Gasteiger partial charge in [-0.15, -0.1) is 32.9 Å². The molecule has 0 aromatic carbocycles. The second-order valence-electron chi connectivity index (χ2n) is 6.39. The van der Waals surface area contributed by atoms with Crippen LogP contribution in [-0.4, -0.2) is 24.7 Å². The minimum Gasteiger partial charge on any atom is -0.309 e. The summed E-state index contributed by atoms with van der Waals surface area (Å²) in [5, 5.41) is 12.2. The molecule has 0 bridgehead atoms. The molecular weight excluding hydrogens is 398 g/mol. The quantitative estimate of drug-likeness (QED) is 0.492. The molecule has 0 aliphatic heterocycles. The predicted octanol–water partition coefficient (Wildman–Crippen LogP) is 4.24. The standard InChI is InChI=1S/C18H19N5OS3/c1-9-10(2)26-17-14(9)16(24)19-15(20-17)11(3)27-18-22-21-13(23(18)4)8-12-6-5-7-25-12/h5-7,11H,8H2,1-4H3,(H,19,20,24). The number of fused-ring (bicyclic) bond motifs is 1. The van der Waals surface area contributed by atoms with Crippen LogP contribution in [0.1, 0.15) is 39.1 Å². The number of aromatic nitrogens is 5. The first-order valence-corrected chi connectivity index (χ1v) is 11.1. The maximum atomic E-state index is 12.5. The van der Waals surface area contributed by atoms with Gasteiger partial charge in [-0.2, -0.15) is 0 Å². The first-order valence-electron chi connectivity index (χ1n) is 8.51. The zero-order valence-corrected chi connectivity index (χ0v) is 17.9. The number of thioether (sulfide) groups is 1. The number of aromatic amines is 1. The van der Waals surface area contributed by atoms with Gasteiger partial charge < -0.3 is 9.55 Å². The summed E-state index contributed by atoms with van der Waals surface area (Å²) in [6, 6.07) is 4.14. The lowest BCUT2D eigenvalue weighted by Gasteiger charge is -2.10. The van der Waals surface area contributed by atoms with Crippen LogP contribution in [0, 0.1) is 13.8 Å². The Morgan fingerprint density at radius 2 is 2.15 bits per heavy atom. The highest BCUT2D eigenvalue weighted by Gasteiger charge is 2.19. The van der Waals surface area contributed by atoms with Gasteiger partial charge in [0.05, 0.1) is 10.6 Å². The van der Waals surface area contributed by atoms with Crippen molar-refractivity contribution in [2.24, 2.45) is 7.05 Å². The number of hydrogen-bond acceptors (Lipinski definition) is 7. The molecule has 0 saturated heterocycles. The highest BCUT2D eigenvalue weighted by atomic mass is 32.2. The first-order chi connectivity index (χ1) is 12.9. The molecule has 4 heterocycles.